The first-order valence-corrected chi connectivity index (χ1v) is 18.5. The zero-order valence-corrected chi connectivity index (χ0v) is 30.8. The van der Waals surface area contributed by atoms with Gasteiger partial charge in [-0.3, -0.25) is 43.8 Å². The molecule has 0 radical (unpaired) electrons. The highest BCUT2D eigenvalue weighted by Gasteiger charge is 2.30. The van der Waals surface area contributed by atoms with Gasteiger partial charge in [0.2, 0.25) is 17.7 Å². The van der Waals surface area contributed by atoms with E-state index in [0.717, 1.165) is 52.1 Å². The lowest BCUT2D eigenvalue weighted by atomic mass is 10.0. The number of hydrogen-bond acceptors (Lipinski definition) is 9. The van der Waals surface area contributed by atoms with Gasteiger partial charge in [0.15, 0.2) is 0 Å². The number of aromatic nitrogens is 6. The van der Waals surface area contributed by atoms with E-state index in [0.29, 0.717) is 41.7 Å². The number of amides is 4. The number of rotatable bonds is 7. The van der Waals surface area contributed by atoms with E-state index >= 15 is 0 Å². The Morgan fingerprint density at radius 1 is 0.982 bits per heavy atom. The third-order valence-corrected chi connectivity index (χ3v) is 10.3. The molecule has 4 amide bonds. The first-order chi connectivity index (χ1) is 27.2. The number of imidazole rings is 1. The minimum Gasteiger partial charge on any atom is -0.350 e. The van der Waals surface area contributed by atoms with Crippen LogP contribution in [0, 0.1) is 11.8 Å². The fraction of sp³-hybridized carbons (Fsp3) is 0.262. The van der Waals surface area contributed by atoms with E-state index in [2.05, 4.69) is 43.9 Å². The Hall–Kier alpha value is -7.01. The van der Waals surface area contributed by atoms with Crippen molar-refractivity contribution in [2.24, 2.45) is 0 Å². The van der Waals surface area contributed by atoms with Crippen molar-refractivity contribution >= 4 is 45.3 Å². The highest BCUT2D eigenvalue weighted by atomic mass is 16.2. The monoisotopic (exact) mass is 747 g/mol. The number of para-hydroxylation sites is 1. The predicted molar refractivity (Wildman–Crippen MR) is 208 cm³/mol. The lowest BCUT2D eigenvalue weighted by Gasteiger charge is -2.28. The van der Waals surface area contributed by atoms with Crippen molar-refractivity contribution in [3.63, 3.8) is 0 Å². The van der Waals surface area contributed by atoms with Crippen LogP contribution in [0.25, 0.3) is 44.2 Å². The first kappa shape index (κ1) is 36.0. The van der Waals surface area contributed by atoms with Crippen LogP contribution in [-0.2, 0) is 33.9 Å². The van der Waals surface area contributed by atoms with Crippen LogP contribution in [0.15, 0.2) is 78.1 Å². The summed E-state index contributed by atoms with van der Waals surface area (Å²) >= 11 is 0. The molecule has 56 heavy (non-hydrogen) atoms. The molecule has 2 N–H and O–H groups in total. The molecule has 1 atom stereocenters. The number of nitrogens with one attached hydrogen (secondary N) is 2. The van der Waals surface area contributed by atoms with Crippen LogP contribution in [-0.4, -0.2) is 70.7 Å². The molecule has 2 aliphatic heterocycles. The Balaban J connectivity index is 0.923. The van der Waals surface area contributed by atoms with Gasteiger partial charge in [0.25, 0.3) is 11.5 Å². The fourth-order valence-electron chi connectivity index (χ4n) is 7.34. The average molecular weight is 748 g/mol. The Morgan fingerprint density at radius 3 is 2.62 bits per heavy atom. The maximum absolute atomic E-state index is 13.2. The largest absolute Gasteiger partial charge is 0.350 e. The first-order valence-electron chi connectivity index (χ1n) is 18.5. The van der Waals surface area contributed by atoms with E-state index in [1.165, 1.54) is 10.9 Å². The molecule has 1 saturated heterocycles. The van der Waals surface area contributed by atoms with E-state index in [1.807, 2.05) is 41.4 Å². The van der Waals surface area contributed by atoms with Crippen LogP contribution >= 0.6 is 0 Å². The number of carbonyl (C=O) groups excluding carboxylic acids is 4. The van der Waals surface area contributed by atoms with Crippen LogP contribution in [0.4, 0.5) is 0 Å². The highest BCUT2D eigenvalue weighted by Crippen LogP contribution is 2.34. The summed E-state index contributed by atoms with van der Waals surface area (Å²) < 4.78 is 3.50. The van der Waals surface area contributed by atoms with E-state index in [9.17, 15) is 24.0 Å². The van der Waals surface area contributed by atoms with Gasteiger partial charge in [0.05, 0.1) is 46.4 Å². The summed E-state index contributed by atoms with van der Waals surface area (Å²) in [4.78, 5) is 82.7. The minimum absolute atomic E-state index is 0.0512. The van der Waals surface area contributed by atoms with Crippen LogP contribution < -0.4 is 16.2 Å². The number of carbonyl (C=O) groups is 4. The molecule has 8 rings (SSSR count). The molecule has 0 saturated carbocycles. The van der Waals surface area contributed by atoms with Crippen molar-refractivity contribution in [2.45, 2.75) is 58.7 Å². The fourth-order valence-corrected chi connectivity index (χ4v) is 7.34. The normalized spacial score (nSPS) is 15.2. The Bertz CT molecular complexity index is 2710. The number of aryl methyl sites for hydroxylation is 1. The van der Waals surface area contributed by atoms with Gasteiger partial charge in [-0.25, -0.2) is 9.97 Å². The number of benzene rings is 2. The minimum atomic E-state index is -0.803. The van der Waals surface area contributed by atoms with E-state index < -0.39 is 11.9 Å². The van der Waals surface area contributed by atoms with Crippen LogP contribution in [0.1, 0.15) is 66.7 Å². The molecule has 1 fully saturated rings. The van der Waals surface area contributed by atoms with Gasteiger partial charge in [-0.1, -0.05) is 43.0 Å². The predicted octanol–water partition coefficient (Wildman–Crippen LogP) is 3.94. The number of nitrogens with zero attached hydrogens (tertiary/aromatic N) is 7. The van der Waals surface area contributed by atoms with Crippen molar-refractivity contribution in [1.82, 2.24) is 44.6 Å². The quantitative estimate of drug-likeness (QED) is 0.139. The van der Waals surface area contributed by atoms with Crippen molar-refractivity contribution in [3.05, 3.63) is 106 Å². The molecule has 0 bridgehead atoms. The second-order valence-electron chi connectivity index (χ2n) is 13.7. The lowest BCUT2D eigenvalue weighted by Crippen LogP contribution is -2.44. The summed E-state index contributed by atoms with van der Waals surface area (Å²) in [7, 11) is 0. The standard InChI is InChI=1S/C42H37N9O5/c1-3-36-47-39(35-23-49(25(2)52)18-19-50(35)36)29-11-7-10-27-20-33(45-22-31(27)29)28-13-14-32(44-21-28)40(54)43-17-5-4-8-26-9-6-12-30-38(26)46-24-51(42(30)56)34-15-16-37(53)48-41(34)55/h6-7,9-14,20-22,24,34H,3,5,15-19,23H2,1-2H3,(H,43,54)(H,48,53,55). The summed E-state index contributed by atoms with van der Waals surface area (Å²) in [6.45, 7) is 5.88. The summed E-state index contributed by atoms with van der Waals surface area (Å²) in [6.07, 6.45) is 6.30. The number of fused-ring (bicyclic) bond motifs is 3. The van der Waals surface area contributed by atoms with E-state index in [1.54, 1.807) is 37.4 Å². The van der Waals surface area contributed by atoms with Crippen molar-refractivity contribution in [2.75, 3.05) is 13.1 Å². The highest BCUT2D eigenvalue weighted by molar-refractivity contribution is 6.00. The SMILES string of the molecule is CCc1nc(-c2cccc3cc(-c4ccc(C(=O)NCCC#Cc5cccc6c(=O)n(C7CCC(=O)NC7=O)cnc56)nc4)ncc23)c2n1CCN(C(C)=O)C2. The third-order valence-electron chi connectivity index (χ3n) is 10.3. The molecule has 4 aromatic heterocycles. The van der Waals surface area contributed by atoms with Gasteiger partial charge in [-0.2, -0.15) is 0 Å². The molecule has 0 aliphatic carbocycles. The molecule has 6 aromatic rings. The summed E-state index contributed by atoms with van der Waals surface area (Å²) in [6, 6.07) is 15.8. The maximum Gasteiger partial charge on any atom is 0.269 e. The number of imide groups is 1. The zero-order valence-electron chi connectivity index (χ0n) is 30.8. The van der Waals surface area contributed by atoms with Gasteiger partial charge in [0.1, 0.15) is 17.6 Å². The second-order valence-corrected chi connectivity index (χ2v) is 13.7. The zero-order chi connectivity index (χ0) is 38.9. The molecule has 6 heterocycles. The van der Waals surface area contributed by atoms with E-state index in [-0.39, 0.29) is 48.4 Å². The Labute approximate surface area is 321 Å². The lowest BCUT2D eigenvalue weighted by molar-refractivity contribution is -0.136. The Kier molecular flexibility index (Phi) is 9.65. The van der Waals surface area contributed by atoms with Gasteiger partial charge in [-0.15, -0.1) is 0 Å². The molecule has 14 heteroatoms. The van der Waals surface area contributed by atoms with E-state index in [4.69, 9.17) is 9.97 Å². The van der Waals surface area contributed by atoms with Gasteiger partial charge < -0.3 is 14.8 Å². The molecule has 1 unspecified atom stereocenters. The van der Waals surface area contributed by atoms with Crippen LogP contribution in [0.2, 0.25) is 0 Å². The van der Waals surface area contributed by atoms with Gasteiger partial charge >= 0.3 is 0 Å². The third kappa shape index (κ3) is 6.79. The summed E-state index contributed by atoms with van der Waals surface area (Å²) in [5.74, 6) is 5.90. The molecule has 14 nitrogen and oxygen atoms in total. The van der Waals surface area contributed by atoms with Crippen LogP contribution in [0.3, 0.4) is 0 Å². The Morgan fingerprint density at radius 2 is 1.84 bits per heavy atom. The van der Waals surface area contributed by atoms with Gasteiger partial charge in [-0.05, 0) is 42.1 Å². The number of piperidine rings is 1. The van der Waals surface area contributed by atoms with Crippen molar-refractivity contribution in [1.29, 1.82) is 0 Å². The van der Waals surface area contributed by atoms with Crippen molar-refractivity contribution in [3.8, 4) is 34.4 Å². The molecule has 2 aromatic carbocycles. The molecular weight excluding hydrogens is 711 g/mol. The maximum atomic E-state index is 13.2. The second kappa shape index (κ2) is 15.0. The number of pyridine rings is 2. The summed E-state index contributed by atoms with van der Waals surface area (Å²) in [5.41, 5.74) is 5.18. The number of hydrogen-bond donors (Lipinski definition) is 2. The smallest absolute Gasteiger partial charge is 0.269 e. The molecular formula is C42H37N9O5. The van der Waals surface area contributed by atoms with Gasteiger partial charge in [0, 0.05) is 74.7 Å². The topological polar surface area (TPSA) is 174 Å². The molecule has 0 spiro atoms. The summed E-state index contributed by atoms with van der Waals surface area (Å²) in [5, 5.41) is 7.37. The average Bonchev–Trinajstić information content (AvgIpc) is 3.59. The van der Waals surface area contributed by atoms with Crippen molar-refractivity contribution < 1.29 is 19.2 Å². The molecule has 280 valence electrons. The molecule has 2 aliphatic rings. The van der Waals surface area contributed by atoms with Crippen LogP contribution in [0.5, 0.6) is 0 Å².